The van der Waals surface area contributed by atoms with Crippen LogP contribution in [0.1, 0.15) is 18.5 Å². The molecule has 25 heavy (non-hydrogen) atoms. The number of nitrogens with one attached hydrogen (secondary N) is 1. The van der Waals surface area contributed by atoms with Gasteiger partial charge < -0.3 is 5.32 Å². The van der Waals surface area contributed by atoms with Crippen LogP contribution in [0.3, 0.4) is 0 Å². The SMILES string of the molecule is C[C@@H](Nc1nc(-c2ccnn2C)nc2cnccc12)c1ccccc1. The normalized spacial score (nSPS) is 12.2. The van der Waals surface area contributed by atoms with Crippen molar-refractivity contribution in [2.75, 3.05) is 5.32 Å². The van der Waals surface area contributed by atoms with Crippen LogP contribution in [-0.2, 0) is 7.05 Å². The Morgan fingerprint density at radius 1 is 1.00 bits per heavy atom. The van der Waals surface area contributed by atoms with Gasteiger partial charge in [0.25, 0.3) is 0 Å². The van der Waals surface area contributed by atoms with E-state index in [9.17, 15) is 0 Å². The standard InChI is InChI=1S/C19H18N6/c1-13(14-6-4-3-5-7-14)22-18-15-8-10-20-12-16(15)23-19(24-18)17-9-11-21-25(17)2/h3-13H,1-2H3,(H,22,23,24)/t13-/m1/s1. The number of fused-ring (bicyclic) bond motifs is 1. The van der Waals surface area contributed by atoms with Gasteiger partial charge in [-0.05, 0) is 24.6 Å². The molecule has 124 valence electrons. The van der Waals surface area contributed by atoms with E-state index < -0.39 is 0 Å². The minimum Gasteiger partial charge on any atom is -0.363 e. The Morgan fingerprint density at radius 3 is 2.60 bits per heavy atom. The molecule has 4 aromatic rings. The lowest BCUT2D eigenvalue weighted by molar-refractivity contribution is 0.770. The summed E-state index contributed by atoms with van der Waals surface area (Å²) < 4.78 is 1.77. The van der Waals surface area contributed by atoms with E-state index in [-0.39, 0.29) is 6.04 Å². The fraction of sp³-hybridized carbons (Fsp3) is 0.158. The van der Waals surface area contributed by atoms with Crippen LogP contribution in [0.2, 0.25) is 0 Å². The topological polar surface area (TPSA) is 68.5 Å². The smallest absolute Gasteiger partial charge is 0.180 e. The lowest BCUT2D eigenvalue weighted by Crippen LogP contribution is -2.10. The largest absolute Gasteiger partial charge is 0.363 e. The highest BCUT2D eigenvalue weighted by molar-refractivity contribution is 5.89. The highest BCUT2D eigenvalue weighted by Gasteiger charge is 2.14. The molecule has 3 aromatic heterocycles. The molecule has 1 N–H and O–H groups in total. The number of benzene rings is 1. The van der Waals surface area contributed by atoms with Crippen molar-refractivity contribution in [3.63, 3.8) is 0 Å². The molecule has 0 aliphatic carbocycles. The van der Waals surface area contributed by atoms with Crippen molar-refractivity contribution in [2.24, 2.45) is 7.05 Å². The third kappa shape index (κ3) is 2.94. The zero-order valence-electron chi connectivity index (χ0n) is 14.1. The fourth-order valence-corrected chi connectivity index (χ4v) is 2.83. The first-order chi connectivity index (χ1) is 12.2. The zero-order valence-corrected chi connectivity index (χ0v) is 14.1. The number of aromatic nitrogens is 5. The molecule has 0 saturated carbocycles. The number of aryl methyl sites for hydroxylation is 1. The number of hydrogen-bond donors (Lipinski definition) is 1. The molecule has 0 radical (unpaired) electrons. The summed E-state index contributed by atoms with van der Waals surface area (Å²) in [7, 11) is 1.88. The molecule has 0 unspecified atom stereocenters. The molecule has 0 aliphatic rings. The van der Waals surface area contributed by atoms with Crippen molar-refractivity contribution in [1.82, 2.24) is 24.7 Å². The van der Waals surface area contributed by atoms with E-state index in [0.717, 1.165) is 22.4 Å². The molecule has 6 nitrogen and oxygen atoms in total. The van der Waals surface area contributed by atoms with Crippen LogP contribution in [0.5, 0.6) is 0 Å². The van der Waals surface area contributed by atoms with E-state index in [1.54, 1.807) is 23.3 Å². The molecule has 0 aliphatic heterocycles. The molecule has 1 aromatic carbocycles. The first-order valence-corrected chi connectivity index (χ1v) is 8.14. The third-order valence-corrected chi connectivity index (χ3v) is 4.20. The van der Waals surface area contributed by atoms with Gasteiger partial charge in [-0.25, -0.2) is 9.97 Å². The number of anilines is 1. The Hall–Kier alpha value is -3.28. The molecule has 6 heteroatoms. The van der Waals surface area contributed by atoms with Gasteiger partial charge in [-0.15, -0.1) is 0 Å². The summed E-state index contributed by atoms with van der Waals surface area (Å²) in [6.07, 6.45) is 5.26. The first-order valence-electron chi connectivity index (χ1n) is 8.14. The summed E-state index contributed by atoms with van der Waals surface area (Å²) in [6, 6.07) is 14.3. The molecule has 0 fully saturated rings. The summed E-state index contributed by atoms with van der Waals surface area (Å²) >= 11 is 0. The molecule has 4 rings (SSSR count). The second-order valence-corrected chi connectivity index (χ2v) is 5.91. The third-order valence-electron chi connectivity index (χ3n) is 4.20. The molecule has 3 heterocycles. The maximum absolute atomic E-state index is 4.76. The molecular formula is C19H18N6. The van der Waals surface area contributed by atoms with Crippen molar-refractivity contribution in [2.45, 2.75) is 13.0 Å². The minimum atomic E-state index is 0.117. The summed E-state index contributed by atoms with van der Waals surface area (Å²) in [5, 5.41) is 8.67. The van der Waals surface area contributed by atoms with Crippen molar-refractivity contribution in [3.8, 4) is 11.5 Å². The maximum Gasteiger partial charge on any atom is 0.180 e. The van der Waals surface area contributed by atoms with Crippen LogP contribution in [0, 0.1) is 0 Å². The highest BCUT2D eigenvalue weighted by atomic mass is 15.3. The minimum absolute atomic E-state index is 0.117. The van der Waals surface area contributed by atoms with Crippen LogP contribution >= 0.6 is 0 Å². The van der Waals surface area contributed by atoms with Crippen molar-refractivity contribution >= 4 is 16.7 Å². The van der Waals surface area contributed by atoms with Gasteiger partial charge >= 0.3 is 0 Å². The Labute approximate surface area is 145 Å². The molecule has 0 bridgehead atoms. The quantitative estimate of drug-likeness (QED) is 0.619. The second-order valence-electron chi connectivity index (χ2n) is 5.91. The van der Waals surface area contributed by atoms with E-state index in [0.29, 0.717) is 5.82 Å². The maximum atomic E-state index is 4.76. The van der Waals surface area contributed by atoms with Crippen molar-refractivity contribution in [3.05, 3.63) is 66.6 Å². The van der Waals surface area contributed by atoms with Gasteiger partial charge in [0.15, 0.2) is 5.82 Å². The fourth-order valence-electron chi connectivity index (χ4n) is 2.83. The van der Waals surface area contributed by atoms with Crippen LogP contribution in [-0.4, -0.2) is 24.7 Å². The number of pyridine rings is 1. The van der Waals surface area contributed by atoms with Gasteiger partial charge in [-0.3, -0.25) is 9.67 Å². The van der Waals surface area contributed by atoms with Crippen molar-refractivity contribution in [1.29, 1.82) is 0 Å². The van der Waals surface area contributed by atoms with Crippen molar-refractivity contribution < 1.29 is 0 Å². The van der Waals surface area contributed by atoms with Gasteiger partial charge in [-0.1, -0.05) is 30.3 Å². The summed E-state index contributed by atoms with van der Waals surface area (Å²) in [6.45, 7) is 2.12. The molecular weight excluding hydrogens is 312 g/mol. The van der Waals surface area contributed by atoms with Gasteiger partial charge in [0.1, 0.15) is 11.5 Å². The van der Waals surface area contributed by atoms with Crippen LogP contribution < -0.4 is 5.32 Å². The van der Waals surface area contributed by atoms with E-state index in [2.05, 4.69) is 39.4 Å². The average Bonchev–Trinajstić information content (AvgIpc) is 3.08. The molecule has 0 spiro atoms. The first kappa shape index (κ1) is 15.3. The predicted molar refractivity (Wildman–Crippen MR) is 98.0 cm³/mol. The van der Waals surface area contributed by atoms with Crippen LogP contribution in [0.25, 0.3) is 22.4 Å². The predicted octanol–water partition coefficient (Wildman–Crippen LogP) is 3.60. The monoisotopic (exact) mass is 330 g/mol. The zero-order chi connectivity index (χ0) is 17.2. The Balaban J connectivity index is 1.80. The second kappa shape index (κ2) is 6.32. The summed E-state index contributed by atoms with van der Waals surface area (Å²) in [5.41, 5.74) is 2.86. The highest BCUT2D eigenvalue weighted by Crippen LogP contribution is 2.27. The average molecular weight is 330 g/mol. The number of rotatable bonds is 4. The summed E-state index contributed by atoms with van der Waals surface area (Å²) in [5.74, 6) is 1.42. The molecule has 0 amide bonds. The Bertz CT molecular complexity index is 1010. The van der Waals surface area contributed by atoms with Crippen LogP contribution in [0.15, 0.2) is 61.1 Å². The lowest BCUT2D eigenvalue weighted by atomic mass is 10.1. The Morgan fingerprint density at radius 2 is 1.84 bits per heavy atom. The van der Waals surface area contributed by atoms with Crippen LogP contribution in [0.4, 0.5) is 5.82 Å². The lowest BCUT2D eigenvalue weighted by Gasteiger charge is -2.17. The van der Waals surface area contributed by atoms with E-state index in [1.165, 1.54) is 5.56 Å². The summed E-state index contributed by atoms with van der Waals surface area (Å²) in [4.78, 5) is 13.6. The molecule has 1 atom stereocenters. The number of hydrogen-bond acceptors (Lipinski definition) is 5. The number of nitrogens with zero attached hydrogens (tertiary/aromatic N) is 5. The van der Waals surface area contributed by atoms with E-state index >= 15 is 0 Å². The Kier molecular flexibility index (Phi) is 3.85. The van der Waals surface area contributed by atoms with E-state index in [4.69, 9.17) is 4.98 Å². The molecule has 0 saturated heterocycles. The van der Waals surface area contributed by atoms with E-state index in [1.807, 2.05) is 37.4 Å². The van der Waals surface area contributed by atoms with Gasteiger partial charge in [-0.2, -0.15) is 5.10 Å². The van der Waals surface area contributed by atoms with Gasteiger partial charge in [0.05, 0.1) is 11.7 Å². The van der Waals surface area contributed by atoms with Gasteiger partial charge in [0.2, 0.25) is 0 Å². The van der Waals surface area contributed by atoms with Gasteiger partial charge in [0, 0.05) is 30.9 Å².